The van der Waals surface area contributed by atoms with Gasteiger partial charge in [-0.1, -0.05) is 81.7 Å². The number of aliphatic hydroxyl groups excluding tert-OH is 2. The fourth-order valence-corrected chi connectivity index (χ4v) is 2.59. The molecule has 0 amide bonds. The lowest BCUT2D eigenvalue weighted by atomic mass is 9.87. The van der Waals surface area contributed by atoms with Gasteiger partial charge in [-0.2, -0.15) is 0 Å². The average molecular weight is 498 g/mol. The Labute approximate surface area is 197 Å². The number of aliphatic hydroxyl groups is 2. The fraction of sp³-hybridized carbons (Fsp3) is 0.538. The molecule has 176 valence electrons. The maximum Gasteiger partial charge on any atom is 0.119 e. The van der Waals surface area contributed by atoms with Crippen LogP contribution in [0.2, 0.25) is 0 Å². The standard InChI is InChI=1S/C13H20O2.C10H14O.C3H7BrO/c1-13(2,3)11-6-4-7-12(10-11)15-9-5-8-14;1-10(2,3)8-5-4-6-9(11)7-8;4-2-1-3-5/h4,6-7,10,14H,5,8-9H2,1-3H3;4-7,11H,1-3H3;5H,1-3H2. The van der Waals surface area contributed by atoms with E-state index in [-0.39, 0.29) is 17.4 Å². The van der Waals surface area contributed by atoms with Crippen LogP contribution in [0, 0.1) is 0 Å². The van der Waals surface area contributed by atoms with Gasteiger partial charge in [0.15, 0.2) is 0 Å². The summed E-state index contributed by atoms with van der Waals surface area (Å²) in [6.07, 6.45) is 1.54. The summed E-state index contributed by atoms with van der Waals surface area (Å²) in [5.74, 6) is 1.23. The van der Waals surface area contributed by atoms with Gasteiger partial charge in [0.2, 0.25) is 0 Å². The maximum absolute atomic E-state index is 9.18. The third-order valence-corrected chi connectivity index (χ3v) is 4.84. The summed E-state index contributed by atoms with van der Waals surface area (Å²) in [4.78, 5) is 0. The van der Waals surface area contributed by atoms with Gasteiger partial charge in [0.25, 0.3) is 0 Å². The Balaban J connectivity index is 0.000000492. The lowest BCUT2D eigenvalue weighted by molar-refractivity contribution is 0.233. The van der Waals surface area contributed by atoms with E-state index in [1.807, 2.05) is 24.3 Å². The van der Waals surface area contributed by atoms with E-state index in [9.17, 15) is 5.11 Å². The third-order valence-electron chi connectivity index (χ3n) is 4.28. The third kappa shape index (κ3) is 14.2. The maximum atomic E-state index is 9.18. The Morgan fingerprint density at radius 1 is 0.774 bits per heavy atom. The molecule has 0 spiro atoms. The van der Waals surface area contributed by atoms with E-state index < -0.39 is 0 Å². The molecule has 2 rings (SSSR count). The summed E-state index contributed by atoms with van der Waals surface area (Å²) in [6.45, 7) is 14.0. The zero-order valence-corrected chi connectivity index (χ0v) is 21.6. The number of rotatable bonds is 6. The normalized spacial score (nSPS) is 11.0. The van der Waals surface area contributed by atoms with Gasteiger partial charge in [-0.25, -0.2) is 0 Å². The highest BCUT2D eigenvalue weighted by Crippen LogP contribution is 2.26. The summed E-state index contributed by atoms with van der Waals surface area (Å²) in [5, 5.41) is 26.8. The fourth-order valence-electron chi connectivity index (χ4n) is 2.34. The minimum atomic E-state index is 0.124. The van der Waals surface area contributed by atoms with E-state index in [2.05, 4.69) is 69.6 Å². The van der Waals surface area contributed by atoms with Crippen LogP contribution >= 0.6 is 15.9 Å². The Kier molecular flexibility index (Phi) is 14.5. The van der Waals surface area contributed by atoms with Crippen molar-refractivity contribution in [2.24, 2.45) is 0 Å². The van der Waals surface area contributed by atoms with E-state index in [0.717, 1.165) is 23.1 Å². The molecule has 0 atom stereocenters. The van der Waals surface area contributed by atoms with Gasteiger partial charge in [0.05, 0.1) is 6.61 Å². The van der Waals surface area contributed by atoms with Crippen LogP contribution in [0.3, 0.4) is 0 Å². The van der Waals surface area contributed by atoms with Crippen LogP contribution in [0.5, 0.6) is 11.5 Å². The van der Waals surface area contributed by atoms with Gasteiger partial charge >= 0.3 is 0 Å². The second-order valence-electron chi connectivity index (χ2n) is 9.27. The average Bonchev–Trinajstić information content (AvgIpc) is 2.69. The Morgan fingerprint density at radius 3 is 1.68 bits per heavy atom. The molecule has 3 N–H and O–H groups in total. The molecule has 2 aromatic carbocycles. The summed E-state index contributed by atoms with van der Waals surface area (Å²) in [6, 6.07) is 15.5. The summed E-state index contributed by atoms with van der Waals surface area (Å²) < 4.78 is 5.52. The summed E-state index contributed by atoms with van der Waals surface area (Å²) in [5.41, 5.74) is 2.70. The zero-order valence-electron chi connectivity index (χ0n) is 20.0. The Morgan fingerprint density at radius 2 is 1.29 bits per heavy atom. The topological polar surface area (TPSA) is 69.9 Å². The lowest BCUT2D eigenvalue weighted by Crippen LogP contribution is -2.11. The molecular formula is C26H41BrO4. The van der Waals surface area contributed by atoms with Gasteiger partial charge in [0, 0.05) is 25.0 Å². The summed E-state index contributed by atoms with van der Waals surface area (Å²) in [7, 11) is 0. The van der Waals surface area contributed by atoms with Crippen LogP contribution in [0.15, 0.2) is 48.5 Å². The SMILES string of the molecule is CC(C)(C)c1cccc(O)c1.CC(C)(C)c1cccc(OCCCO)c1.OCCCBr. The van der Waals surface area contributed by atoms with Crippen molar-refractivity contribution < 1.29 is 20.1 Å². The predicted octanol–water partition coefficient (Wildman–Crippen LogP) is 6.20. The monoisotopic (exact) mass is 496 g/mol. The molecule has 0 aliphatic heterocycles. The lowest BCUT2D eigenvalue weighted by Gasteiger charge is -2.19. The highest BCUT2D eigenvalue weighted by atomic mass is 79.9. The predicted molar refractivity (Wildman–Crippen MR) is 135 cm³/mol. The molecule has 0 aliphatic rings. The van der Waals surface area contributed by atoms with Crippen molar-refractivity contribution in [3.8, 4) is 11.5 Å². The van der Waals surface area contributed by atoms with Crippen molar-refractivity contribution in [3.05, 3.63) is 59.7 Å². The molecular weight excluding hydrogens is 456 g/mol. The molecule has 2 aromatic rings. The van der Waals surface area contributed by atoms with Crippen molar-refractivity contribution in [2.75, 3.05) is 25.2 Å². The number of aromatic hydroxyl groups is 1. The second kappa shape index (κ2) is 15.3. The first-order valence-electron chi connectivity index (χ1n) is 10.8. The molecule has 0 saturated carbocycles. The van der Waals surface area contributed by atoms with Crippen LogP contribution in [0.25, 0.3) is 0 Å². The van der Waals surface area contributed by atoms with Crippen LogP contribution in [0.1, 0.15) is 65.5 Å². The first-order chi connectivity index (χ1) is 14.5. The molecule has 0 heterocycles. The number of phenolic OH excluding ortho intramolecular Hbond substituents is 1. The van der Waals surface area contributed by atoms with Gasteiger partial charge in [-0.15, -0.1) is 0 Å². The molecule has 0 saturated heterocycles. The molecule has 31 heavy (non-hydrogen) atoms. The quantitative estimate of drug-likeness (QED) is 0.328. The number of benzene rings is 2. The van der Waals surface area contributed by atoms with Crippen molar-refractivity contribution >= 4 is 15.9 Å². The van der Waals surface area contributed by atoms with Crippen molar-refractivity contribution in [3.63, 3.8) is 0 Å². The number of hydrogen-bond donors (Lipinski definition) is 3. The van der Waals surface area contributed by atoms with E-state index in [1.54, 1.807) is 12.1 Å². The summed E-state index contributed by atoms with van der Waals surface area (Å²) >= 11 is 3.15. The van der Waals surface area contributed by atoms with Crippen LogP contribution < -0.4 is 4.74 Å². The molecule has 0 unspecified atom stereocenters. The van der Waals surface area contributed by atoms with Gasteiger partial charge in [-0.3, -0.25) is 0 Å². The molecule has 0 aromatic heterocycles. The van der Waals surface area contributed by atoms with E-state index >= 15 is 0 Å². The first-order valence-corrected chi connectivity index (χ1v) is 11.9. The van der Waals surface area contributed by atoms with Crippen LogP contribution in [0.4, 0.5) is 0 Å². The first kappa shape index (κ1) is 29.4. The van der Waals surface area contributed by atoms with Gasteiger partial charge in [-0.05, 0) is 52.6 Å². The van der Waals surface area contributed by atoms with E-state index in [1.165, 1.54) is 5.56 Å². The molecule has 0 radical (unpaired) electrons. The minimum absolute atomic E-state index is 0.124. The van der Waals surface area contributed by atoms with Crippen LogP contribution in [-0.4, -0.2) is 40.5 Å². The molecule has 4 nitrogen and oxygen atoms in total. The van der Waals surface area contributed by atoms with Crippen LogP contribution in [-0.2, 0) is 10.8 Å². The van der Waals surface area contributed by atoms with Crippen molar-refractivity contribution in [2.45, 2.75) is 65.2 Å². The number of phenols is 1. The largest absolute Gasteiger partial charge is 0.508 e. The second-order valence-corrected chi connectivity index (χ2v) is 10.1. The molecule has 0 bridgehead atoms. The smallest absolute Gasteiger partial charge is 0.119 e. The highest BCUT2D eigenvalue weighted by Gasteiger charge is 2.14. The molecule has 0 aliphatic carbocycles. The molecule has 0 fully saturated rings. The van der Waals surface area contributed by atoms with Crippen molar-refractivity contribution in [1.82, 2.24) is 0 Å². The molecule has 5 heteroatoms. The number of halogens is 1. The zero-order chi connectivity index (χ0) is 23.9. The Bertz CT molecular complexity index is 716. The number of ether oxygens (including phenoxy) is 1. The van der Waals surface area contributed by atoms with E-state index in [0.29, 0.717) is 25.4 Å². The van der Waals surface area contributed by atoms with Gasteiger partial charge < -0.3 is 20.1 Å². The van der Waals surface area contributed by atoms with Crippen molar-refractivity contribution in [1.29, 1.82) is 0 Å². The highest BCUT2D eigenvalue weighted by molar-refractivity contribution is 9.09. The minimum Gasteiger partial charge on any atom is -0.508 e. The number of alkyl halides is 1. The van der Waals surface area contributed by atoms with E-state index in [4.69, 9.17) is 14.9 Å². The number of hydrogen-bond acceptors (Lipinski definition) is 4. The van der Waals surface area contributed by atoms with Gasteiger partial charge in [0.1, 0.15) is 11.5 Å². The Hall–Kier alpha value is -1.56.